The van der Waals surface area contributed by atoms with Crippen molar-refractivity contribution in [3.8, 4) is 11.3 Å². The second kappa shape index (κ2) is 9.21. The van der Waals surface area contributed by atoms with Gasteiger partial charge in [0.05, 0.1) is 24.7 Å². The molecule has 1 amide bonds. The Morgan fingerprint density at radius 2 is 2.07 bits per heavy atom. The summed E-state index contributed by atoms with van der Waals surface area (Å²) in [7, 11) is 0. The number of ether oxygens (including phenoxy) is 1. The van der Waals surface area contributed by atoms with Crippen LogP contribution in [0.5, 0.6) is 0 Å². The third-order valence-electron chi connectivity index (χ3n) is 4.56. The standard InChI is InChI=1S/C19H21N5O2S3/c1-12-3-4-14(9-13(12)2)15-10-27-17(20-15)21-16(25)11-28-19-23-22-18(29-19)24-5-7-26-8-6-24/h3-4,9-10H,5-8,11H2,1-2H3,(H,20,21,25). The molecule has 0 spiro atoms. The first-order valence-corrected chi connectivity index (χ1v) is 11.9. The molecule has 7 nitrogen and oxygen atoms in total. The lowest BCUT2D eigenvalue weighted by atomic mass is 10.1. The number of nitrogens with zero attached hydrogens (tertiary/aromatic N) is 4. The molecule has 0 atom stereocenters. The molecule has 0 aliphatic carbocycles. The first kappa shape index (κ1) is 20.3. The second-order valence-corrected chi connectivity index (χ2v) is 9.66. The summed E-state index contributed by atoms with van der Waals surface area (Å²) in [6.07, 6.45) is 0. The molecular weight excluding hydrogens is 426 g/mol. The lowest BCUT2D eigenvalue weighted by Gasteiger charge is -2.25. The summed E-state index contributed by atoms with van der Waals surface area (Å²) < 4.78 is 6.14. The molecule has 2 aromatic heterocycles. The second-order valence-electron chi connectivity index (χ2n) is 6.62. The number of rotatable bonds is 6. The van der Waals surface area contributed by atoms with Gasteiger partial charge in [0, 0.05) is 24.0 Å². The van der Waals surface area contributed by atoms with Crippen LogP contribution in [-0.2, 0) is 9.53 Å². The molecule has 0 unspecified atom stereocenters. The molecule has 1 saturated heterocycles. The molecule has 152 valence electrons. The predicted molar refractivity (Wildman–Crippen MR) is 119 cm³/mol. The highest BCUT2D eigenvalue weighted by Crippen LogP contribution is 2.29. The quantitative estimate of drug-likeness (QED) is 0.575. The zero-order valence-corrected chi connectivity index (χ0v) is 18.6. The molecule has 4 rings (SSSR count). The lowest BCUT2D eigenvalue weighted by molar-refractivity contribution is -0.113. The number of nitrogens with one attached hydrogen (secondary N) is 1. The van der Waals surface area contributed by atoms with Crippen LogP contribution < -0.4 is 10.2 Å². The van der Waals surface area contributed by atoms with Crippen LogP contribution >= 0.6 is 34.4 Å². The van der Waals surface area contributed by atoms with Gasteiger partial charge < -0.3 is 15.0 Å². The third-order valence-corrected chi connectivity index (χ3v) is 7.43. The van der Waals surface area contributed by atoms with E-state index in [0.717, 1.165) is 33.8 Å². The van der Waals surface area contributed by atoms with Crippen LogP contribution in [-0.4, -0.2) is 53.1 Å². The fraction of sp³-hybridized carbons (Fsp3) is 0.368. The van der Waals surface area contributed by atoms with E-state index in [1.165, 1.54) is 45.6 Å². The van der Waals surface area contributed by atoms with E-state index in [1.54, 1.807) is 0 Å². The third kappa shape index (κ3) is 5.13. The Bertz CT molecular complexity index is 997. The number of aryl methyl sites for hydroxylation is 2. The number of morpholine rings is 1. The average molecular weight is 448 g/mol. The van der Waals surface area contributed by atoms with Crippen molar-refractivity contribution in [2.45, 2.75) is 18.2 Å². The van der Waals surface area contributed by atoms with Crippen molar-refractivity contribution >= 4 is 50.6 Å². The van der Waals surface area contributed by atoms with E-state index >= 15 is 0 Å². The maximum absolute atomic E-state index is 12.3. The van der Waals surface area contributed by atoms with E-state index < -0.39 is 0 Å². The number of carbonyl (C=O) groups excluding carboxylic acids is 1. The molecule has 1 aliphatic heterocycles. The van der Waals surface area contributed by atoms with Crippen molar-refractivity contribution in [3.05, 3.63) is 34.7 Å². The van der Waals surface area contributed by atoms with Crippen LogP contribution in [0.3, 0.4) is 0 Å². The van der Waals surface area contributed by atoms with Gasteiger partial charge in [-0.1, -0.05) is 35.2 Å². The SMILES string of the molecule is Cc1ccc(-c2csc(NC(=O)CSc3nnc(N4CCOCC4)s3)n2)cc1C. The minimum Gasteiger partial charge on any atom is -0.378 e. The molecule has 1 N–H and O–H groups in total. The van der Waals surface area contributed by atoms with Gasteiger partial charge in [0.1, 0.15) is 0 Å². The Morgan fingerprint density at radius 3 is 2.86 bits per heavy atom. The van der Waals surface area contributed by atoms with Crippen LogP contribution in [0.1, 0.15) is 11.1 Å². The predicted octanol–water partition coefficient (Wildman–Crippen LogP) is 3.85. The van der Waals surface area contributed by atoms with Crippen molar-refractivity contribution in [1.29, 1.82) is 0 Å². The molecule has 1 aliphatic rings. The molecule has 1 aromatic carbocycles. The highest BCUT2D eigenvalue weighted by Gasteiger charge is 2.17. The lowest BCUT2D eigenvalue weighted by Crippen LogP contribution is -2.36. The Kier molecular flexibility index (Phi) is 6.43. The number of amides is 1. The molecule has 29 heavy (non-hydrogen) atoms. The van der Waals surface area contributed by atoms with Crippen molar-refractivity contribution in [2.75, 3.05) is 42.3 Å². The molecule has 1 fully saturated rings. The molecule has 10 heteroatoms. The zero-order valence-electron chi connectivity index (χ0n) is 16.2. The molecule has 0 radical (unpaired) electrons. The number of anilines is 2. The first-order valence-electron chi connectivity index (χ1n) is 9.20. The van der Waals surface area contributed by atoms with Gasteiger partial charge in [0.15, 0.2) is 9.47 Å². The van der Waals surface area contributed by atoms with Crippen LogP contribution in [0.25, 0.3) is 11.3 Å². The van der Waals surface area contributed by atoms with Crippen molar-refractivity contribution in [2.24, 2.45) is 0 Å². The number of hydrogen-bond acceptors (Lipinski definition) is 9. The van der Waals surface area contributed by atoms with E-state index in [1.807, 2.05) is 5.38 Å². The summed E-state index contributed by atoms with van der Waals surface area (Å²) in [6, 6.07) is 6.26. The number of thioether (sulfide) groups is 1. The molecule has 0 saturated carbocycles. The highest BCUT2D eigenvalue weighted by atomic mass is 32.2. The minimum atomic E-state index is -0.0980. The topological polar surface area (TPSA) is 80.2 Å². The van der Waals surface area contributed by atoms with Gasteiger partial charge in [-0.15, -0.1) is 21.5 Å². The van der Waals surface area contributed by atoms with E-state index in [0.29, 0.717) is 18.3 Å². The summed E-state index contributed by atoms with van der Waals surface area (Å²) in [4.78, 5) is 19.0. The van der Waals surface area contributed by atoms with Gasteiger partial charge in [-0.25, -0.2) is 4.98 Å². The zero-order chi connectivity index (χ0) is 20.2. The Balaban J connectivity index is 1.30. The monoisotopic (exact) mass is 447 g/mol. The van der Waals surface area contributed by atoms with Gasteiger partial charge in [0.25, 0.3) is 0 Å². The van der Waals surface area contributed by atoms with E-state index in [2.05, 4.69) is 57.4 Å². The summed E-state index contributed by atoms with van der Waals surface area (Å²) in [5.41, 5.74) is 4.41. The maximum atomic E-state index is 12.3. The minimum absolute atomic E-state index is 0.0980. The van der Waals surface area contributed by atoms with Crippen molar-refractivity contribution in [3.63, 3.8) is 0 Å². The fourth-order valence-corrected chi connectivity index (χ4v) is 5.22. The fourth-order valence-electron chi connectivity index (χ4n) is 2.79. The smallest absolute Gasteiger partial charge is 0.236 e. The average Bonchev–Trinajstić information content (AvgIpc) is 3.39. The van der Waals surface area contributed by atoms with E-state index in [9.17, 15) is 4.79 Å². The highest BCUT2D eigenvalue weighted by molar-refractivity contribution is 8.01. The summed E-state index contributed by atoms with van der Waals surface area (Å²) in [5.74, 6) is 0.176. The van der Waals surface area contributed by atoms with Crippen LogP contribution in [0.15, 0.2) is 27.9 Å². The summed E-state index contributed by atoms with van der Waals surface area (Å²) in [5, 5.41) is 14.7. The van der Waals surface area contributed by atoms with Crippen LogP contribution in [0.2, 0.25) is 0 Å². The van der Waals surface area contributed by atoms with Gasteiger partial charge in [-0.05, 0) is 31.0 Å². The number of carbonyl (C=O) groups is 1. The molecule has 0 bridgehead atoms. The summed E-state index contributed by atoms with van der Waals surface area (Å²) in [6.45, 7) is 7.25. The van der Waals surface area contributed by atoms with E-state index in [-0.39, 0.29) is 11.7 Å². The maximum Gasteiger partial charge on any atom is 0.236 e. The normalized spacial score (nSPS) is 14.2. The van der Waals surface area contributed by atoms with Crippen LogP contribution in [0.4, 0.5) is 10.3 Å². The van der Waals surface area contributed by atoms with Crippen LogP contribution in [0, 0.1) is 13.8 Å². The summed E-state index contributed by atoms with van der Waals surface area (Å²) >= 11 is 4.33. The van der Waals surface area contributed by atoms with Gasteiger partial charge in [0.2, 0.25) is 11.0 Å². The Hall–Kier alpha value is -2.01. The Morgan fingerprint density at radius 1 is 1.24 bits per heavy atom. The first-order chi connectivity index (χ1) is 14.1. The van der Waals surface area contributed by atoms with Gasteiger partial charge >= 0.3 is 0 Å². The molecule has 3 aromatic rings. The van der Waals surface area contributed by atoms with Gasteiger partial charge in [-0.3, -0.25) is 4.79 Å². The largest absolute Gasteiger partial charge is 0.378 e. The Labute approximate surface area is 181 Å². The van der Waals surface area contributed by atoms with Gasteiger partial charge in [-0.2, -0.15) is 0 Å². The number of aromatic nitrogens is 3. The molecule has 3 heterocycles. The number of benzene rings is 1. The van der Waals surface area contributed by atoms with E-state index in [4.69, 9.17) is 4.74 Å². The molecular formula is C19H21N5O2S3. The van der Waals surface area contributed by atoms with Crippen molar-refractivity contribution in [1.82, 2.24) is 15.2 Å². The number of hydrogen-bond donors (Lipinski definition) is 1. The van der Waals surface area contributed by atoms with Crippen molar-refractivity contribution < 1.29 is 9.53 Å². The number of thiazole rings is 1.